The minimum absolute atomic E-state index is 0.258. The Morgan fingerprint density at radius 1 is 1.08 bits per heavy atom. The van der Waals surface area contributed by atoms with Gasteiger partial charge in [0.2, 0.25) is 0 Å². The fourth-order valence-corrected chi connectivity index (χ4v) is 4.94. The number of rotatable bonds is 12. The molecule has 0 saturated carbocycles. The van der Waals surface area contributed by atoms with Crippen molar-refractivity contribution in [2.45, 2.75) is 40.0 Å². The normalized spacial score (nSPS) is 16.1. The van der Waals surface area contributed by atoms with Crippen LogP contribution in [0.1, 0.15) is 49.2 Å². The average molecular weight is 524 g/mol. The zero-order valence-electron chi connectivity index (χ0n) is 23.7. The third-order valence-corrected chi connectivity index (χ3v) is 7.10. The van der Waals surface area contributed by atoms with Crippen LogP contribution in [0.15, 0.2) is 121 Å². The van der Waals surface area contributed by atoms with Crippen LogP contribution in [-0.2, 0) is 6.42 Å². The number of halogens is 1. The molecule has 0 spiro atoms. The van der Waals surface area contributed by atoms with Crippen LogP contribution in [0.5, 0.6) is 0 Å². The van der Waals surface area contributed by atoms with E-state index >= 15 is 0 Å². The molecule has 1 aromatic carbocycles. The summed E-state index contributed by atoms with van der Waals surface area (Å²) in [5, 5.41) is 0. The Morgan fingerprint density at radius 2 is 1.77 bits per heavy atom. The molecule has 2 aromatic rings. The molecule has 0 unspecified atom stereocenters. The number of nitrogens with zero attached hydrogens (tertiary/aromatic N) is 1. The molecule has 2 heterocycles. The number of benzene rings is 1. The first-order chi connectivity index (χ1) is 18.8. The Hall–Kier alpha value is -3.89. The van der Waals surface area contributed by atoms with Gasteiger partial charge in [0.25, 0.3) is 0 Å². The maximum absolute atomic E-state index is 13.6. The van der Waals surface area contributed by atoms with Crippen molar-refractivity contribution in [2.75, 3.05) is 19.6 Å². The van der Waals surface area contributed by atoms with Crippen molar-refractivity contribution >= 4 is 5.57 Å². The first kappa shape index (κ1) is 29.7. The highest BCUT2D eigenvalue weighted by Gasteiger charge is 2.15. The Bertz CT molecular complexity index is 1340. The maximum Gasteiger partial charge on any atom is 0.123 e. The summed E-state index contributed by atoms with van der Waals surface area (Å²) < 4.78 is 13.6. The third-order valence-electron chi connectivity index (χ3n) is 7.10. The lowest BCUT2D eigenvalue weighted by Gasteiger charge is -2.16. The van der Waals surface area contributed by atoms with Crippen LogP contribution in [0, 0.1) is 12.7 Å². The Balaban J connectivity index is 1.89. The van der Waals surface area contributed by atoms with Crippen LogP contribution >= 0.6 is 0 Å². The molecule has 0 aliphatic carbocycles. The molecule has 4 heteroatoms. The van der Waals surface area contributed by atoms with E-state index in [-0.39, 0.29) is 5.82 Å². The summed E-state index contributed by atoms with van der Waals surface area (Å²) in [5.74, 6) is -0.258. The SMILES string of the molecule is C=C/C=C(/c1ccc(F)cc1)c1cc(CC(=C/C(=C)C(/C=C(\C=C)CN2CCCC2)=C/C)/C(N)=C\C)[nH]c1C. The van der Waals surface area contributed by atoms with E-state index in [2.05, 4.69) is 53.9 Å². The number of aromatic nitrogens is 1. The van der Waals surface area contributed by atoms with Crippen LogP contribution in [-0.4, -0.2) is 29.5 Å². The number of allylic oxidation sites excluding steroid dienone is 9. The highest BCUT2D eigenvalue weighted by atomic mass is 19.1. The molecule has 3 nitrogen and oxygen atoms in total. The monoisotopic (exact) mass is 523 g/mol. The predicted octanol–water partition coefficient (Wildman–Crippen LogP) is 8.12. The van der Waals surface area contributed by atoms with Gasteiger partial charge < -0.3 is 10.7 Å². The molecule has 0 amide bonds. The highest BCUT2D eigenvalue weighted by molar-refractivity contribution is 5.82. The molecule has 1 aliphatic rings. The molecule has 0 radical (unpaired) electrons. The van der Waals surface area contributed by atoms with Crippen molar-refractivity contribution in [3.8, 4) is 0 Å². The van der Waals surface area contributed by atoms with Crippen LogP contribution in [0.4, 0.5) is 4.39 Å². The van der Waals surface area contributed by atoms with Gasteiger partial charge in [0.1, 0.15) is 5.82 Å². The van der Waals surface area contributed by atoms with Gasteiger partial charge in [-0.1, -0.05) is 68.3 Å². The summed E-state index contributed by atoms with van der Waals surface area (Å²) in [6, 6.07) is 8.67. The lowest BCUT2D eigenvalue weighted by atomic mass is 9.96. The molecule has 1 aliphatic heterocycles. The van der Waals surface area contributed by atoms with Crippen LogP contribution in [0.25, 0.3) is 5.57 Å². The Labute approximate surface area is 234 Å². The molecule has 0 bridgehead atoms. The van der Waals surface area contributed by atoms with E-state index in [0.717, 1.165) is 64.4 Å². The molecule has 204 valence electrons. The van der Waals surface area contributed by atoms with Crippen molar-refractivity contribution in [3.05, 3.63) is 149 Å². The molecule has 1 aromatic heterocycles. The fourth-order valence-electron chi connectivity index (χ4n) is 4.94. The minimum atomic E-state index is -0.258. The zero-order valence-corrected chi connectivity index (χ0v) is 23.7. The summed E-state index contributed by atoms with van der Waals surface area (Å²) in [7, 11) is 0. The molecule has 0 atom stereocenters. The van der Waals surface area contributed by atoms with E-state index in [1.165, 1.54) is 30.5 Å². The van der Waals surface area contributed by atoms with Gasteiger partial charge in [-0.3, -0.25) is 4.90 Å². The lowest BCUT2D eigenvalue weighted by Crippen LogP contribution is -2.21. The van der Waals surface area contributed by atoms with Gasteiger partial charge in [-0.05, 0) is 104 Å². The largest absolute Gasteiger partial charge is 0.399 e. The van der Waals surface area contributed by atoms with Gasteiger partial charge in [-0.15, -0.1) is 0 Å². The van der Waals surface area contributed by atoms with Crippen molar-refractivity contribution in [1.29, 1.82) is 0 Å². The Morgan fingerprint density at radius 3 is 2.36 bits per heavy atom. The van der Waals surface area contributed by atoms with E-state index in [1.807, 2.05) is 39.0 Å². The summed E-state index contributed by atoms with van der Waals surface area (Å²) in [6.45, 7) is 21.5. The molecule has 1 saturated heterocycles. The van der Waals surface area contributed by atoms with Gasteiger partial charge in [-0.25, -0.2) is 4.39 Å². The number of nitrogens with one attached hydrogen (secondary N) is 1. The van der Waals surface area contributed by atoms with E-state index in [0.29, 0.717) is 12.1 Å². The second-order valence-corrected chi connectivity index (χ2v) is 9.92. The summed E-state index contributed by atoms with van der Waals surface area (Å²) in [6.07, 6.45) is 17.1. The molecular weight excluding hydrogens is 481 g/mol. The summed E-state index contributed by atoms with van der Waals surface area (Å²) in [4.78, 5) is 5.99. The first-order valence-corrected chi connectivity index (χ1v) is 13.6. The second kappa shape index (κ2) is 14.3. The zero-order chi connectivity index (χ0) is 28.4. The molecular formula is C35H42FN3. The third kappa shape index (κ3) is 8.05. The lowest BCUT2D eigenvalue weighted by molar-refractivity contribution is 0.371. The number of likely N-dealkylation sites (tertiary alicyclic amines) is 1. The molecule has 1 fully saturated rings. The van der Waals surface area contributed by atoms with Gasteiger partial charge in [0.15, 0.2) is 0 Å². The number of aryl methyl sites for hydroxylation is 1. The van der Waals surface area contributed by atoms with E-state index in [4.69, 9.17) is 5.73 Å². The fraction of sp³-hybridized carbons (Fsp3) is 0.257. The second-order valence-electron chi connectivity index (χ2n) is 9.92. The topological polar surface area (TPSA) is 45.0 Å². The van der Waals surface area contributed by atoms with Gasteiger partial charge >= 0.3 is 0 Å². The van der Waals surface area contributed by atoms with Gasteiger partial charge in [0.05, 0.1) is 0 Å². The van der Waals surface area contributed by atoms with Crippen LogP contribution in [0.2, 0.25) is 0 Å². The number of hydrogen-bond acceptors (Lipinski definition) is 2. The van der Waals surface area contributed by atoms with Crippen molar-refractivity contribution in [3.63, 3.8) is 0 Å². The summed E-state index contributed by atoms with van der Waals surface area (Å²) in [5.41, 5.74) is 16.3. The molecule has 39 heavy (non-hydrogen) atoms. The minimum Gasteiger partial charge on any atom is -0.399 e. The molecule has 3 N–H and O–H groups in total. The standard InChI is InChI=1S/C35H42FN3/c1-7-13-33(29-14-16-31(36)17-15-29)34-23-32(38-26(34)6)22-30(35(37)10-4)20-25(5)28(9-3)21-27(8-2)24-39-18-11-12-19-39/h7-10,13-17,20-21,23,38H,1-2,5,11-12,18-19,22,24,37H2,3-4,6H3/b27-21+,28-9+,30-20-,33-13-,35-10+. The average Bonchev–Trinajstić information content (AvgIpc) is 3.58. The van der Waals surface area contributed by atoms with E-state index in [9.17, 15) is 4.39 Å². The van der Waals surface area contributed by atoms with E-state index < -0.39 is 0 Å². The van der Waals surface area contributed by atoms with Crippen molar-refractivity contribution in [2.24, 2.45) is 5.73 Å². The van der Waals surface area contributed by atoms with Gasteiger partial charge in [-0.2, -0.15) is 0 Å². The predicted molar refractivity (Wildman–Crippen MR) is 166 cm³/mol. The number of aromatic amines is 1. The number of H-pyrrole nitrogens is 1. The first-order valence-electron chi connectivity index (χ1n) is 13.6. The van der Waals surface area contributed by atoms with E-state index in [1.54, 1.807) is 18.2 Å². The number of nitrogens with two attached hydrogens (primary N) is 1. The van der Waals surface area contributed by atoms with Crippen molar-refractivity contribution in [1.82, 2.24) is 9.88 Å². The molecule has 3 rings (SSSR count). The van der Waals surface area contributed by atoms with Gasteiger partial charge in [0, 0.05) is 35.6 Å². The Kier molecular flexibility index (Phi) is 10.9. The smallest absolute Gasteiger partial charge is 0.123 e. The highest BCUT2D eigenvalue weighted by Crippen LogP contribution is 2.29. The summed E-state index contributed by atoms with van der Waals surface area (Å²) >= 11 is 0. The number of hydrogen-bond donors (Lipinski definition) is 2. The van der Waals surface area contributed by atoms with Crippen molar-refractivity contribution < 1.29 is 4.39 Å². The maximum atomic E-state index is 13.6. The van der Waals surface area contributed by atoms with Crippen LogP contribution in [0.3, 0.4) is 0 Å². The quantitative estimate of drug-likeness (QED) is 0.276. The van der Waals surface area contributed by atoms with Crippen LogP contribution < -0.4 is 5.73 Å².